The number of halogens is 1. The lowest BCUT2D eigenvalue weighted by Crippen LogP contribution is -2.49. The summed E-state index contributed by atoms with van der Waals surface area (Å²) in [6.07, 6.45) is 4.98. The number of hydrogen-bond acceptors (Lipinski definition) is 6. The third-order valence-electron chi connectivity index (χ3n) is 6.12. The summed E-state index contributed by atoms with van der Waals surface area (Å²) >= 11 is 0. The molecule has 2 aromatic heterocycles. The zero-order valence-electron chi connectivity index (χ0n) is 15.4. The molecule has 1 aromatic carbocycles. The molecule has 2 fully saturated rings. The Morgan fingerprint density at radius 2 is 1.86 bits per heavy atom. The zero-order chi connectivity index (χ0) is 19.1. The van der Waals surface area contributed by atoms with Crippen molar-refractivity contribution >= 4 is 0 Å². The molecule has 1 N–H and O–H groups in total. The first-order valence-electron chi connectivity index (χ1n) is 9.62. The van der Waals surface area contributed by atoms with E-state index in [2.05, 4.69) is 20.4 Å². The Labute approximate surface area is 161 Å². The summed E-state index contributed by atoms with van der Waals surface area (Å²) in [6, 6.07) is 10.5. The van der Waals surface area contributed by atoms with Crippen LogP contribution in [-0.4, -0.2) is 42.3 Å². The van der Waals surface area contributed by atoms with Crippen LogP contribution >= 0.6 is 0 Å². The van der Waals surface area contributed by atoms with E-state index in [1.165, 1.54) is 12.1 Å². The quantitative estimate of drug-likeness (QED) is 0.729. The fourth-order valence-corrected chi connectivity index (χ4v) is 4.74. The highest BCUT2D eigenvalue weighted by atomic mass is 19.1. The summed E-state index contributed by atoms with van der Waals surface area (Å²) in [4.78, 5) is 2.41. The van der Waals surface area contributed by atoms with Crippen molar-refractivity contribution in [1.29, 1.82) is 0 Å². The van der Waals surface area contributed by atoms with Gasteiger partial charge in [0.2, 0.25) is 0 Å². The van der Waals surface area contributed by atoms with E-state index in [9.17, 15) is 9.50 Å². The van der Waals surface area contributed by atoms with Crippen LogP contribution in [0.5, 0.6) is 0 Å². The van der Waals surface area contributed by atoms with Gasteiger partial charge >= 0.3 is 0 Å². The summed E-state index contributed by atoms with van der Waals surface area (Å²) < 4.78 is 20.4. The molecule has 0 amide bonds. The molecule has 7 nitrogen and oxygen atoms in total. The van der Waals surface area contributed by atoms with Gasteiger partial charge in [0, 0.05) is 12.1 Å². The molecule has 3 aromatic rings. The lowest BCUT2D eigenvalue weighted by Gasteiger charge is -2.43. The van der Waals surface area contributed by atoms with Crippen LogP contribution in [0.3, 0.4) is 0 Å². The van der Waals surface area contributed by atoms with Gasteiger partial charge in [-0.05, 0) is 65.9 Å². The van der Waals surface area contributed by atoms with Gasteiger partial charge in [-0.2, -0.15) is 0 Å². The molecular formula is C20H22FN5O2. The number of rotatable bonds is 5. The van der Waals surface area contributed by atoms with Crippen molar-refractivity contribution in [3.8, 4) is 0 Å². The average molecular weight is 383 g/mol. The summed E-state index contributed by atoms with van der Waals surface area (Å²) in [6.45, 7) is 1.14. The number of benzene rings is 1. The molecular weight excluding hydrogens is 361 g/mol. The van der Waals surface area contributed by atoms with Crippen LogP contribution in [0.1, 0.15) is 42.8 Å². The van der Waals surface area contributed by atoms with E-state index in [-0.39, 0.29) is 17.9 Å². The van der Waals surface area contributed by atoms with Gasteiger partial charge in [0.1, 0.15) is 18.1 Å². The molecule has 146 valence electrons. The standard InChI is InChI=1S/C20H22FN5O2/c21-15-5-3-14(4-6-15)20(27)10-16-7-8-17(11-20)25(16)13-19-22-23-24-26(19)12-18-2-1-9-28-18/h1-6,9,16-17,27H,7-8,10-13H2/t16-,17+,20?. The highest BCUT2D eigenvalue weighted by Crippen LogP contribution is 2.46. The Hall–Kier alpha value is -2.58. The monoisotopic (exact) mass is 383 g/mol. The molecule has 28 heavy (non-hydrogen) atoms. The van der Waals surface area contributed by atoms with Gasteiger partial charge in [0.15, 0.2) is 5.82 Å². The number of fused-ring (bicyclic) bond motifs is 2. The van der Waals surface area contributed by atoms with Gasteiger partial charge in [-0.15, -0.1) is 5.10 Å². The number of hydrogen-bond donors (Lipinski definition) is 1. The van der Waals surface area contributed by atoms with E-state index < -0.39 is 5.60 Å². The zero-order valence-corrected chi connectivity index (χ0v) is 15.4. The predicted octanol–water partition coefficient (Wildman–Crippen LogP) is 2.47. The van der Waals surface area contributed by atoms with Gasteiger partial charge in [-0.1, -0.05) is 12.1 Å². The largest absolute Gasteiger partial charge is 0.467 e. The minimum atomic E-state index is -0.907. The van der Waals surface area contributed by atoms with Crippen molar-refractivity contribution in [2.75, 3.05) is 0 Å². The highest BCUT2D eigenvalue weighted by molar-refractivity contribution is 5.25. The first kappa shape index (κ1) is 17.5. The molecule has 0 radical (unpaired) electrons. The molecule has 2 bridgehead atoms. The molecule has 2 saturated heterocycles. The fourth-order valence-electron chi connectivity index (χ4n) is 4.74. The second-order valence-corrected chi connectivity index (χ2v) is 7.84. The van der Waals surface area contributed by atoms with E-state index in [1.54, 1.807) is 23.1 Å². The van der Waals surface area contributed by atoms with Gasteiger partial charge in [-0.25, -0.2) is 9.07 Å². The molecule has 0 aliphatic carbocycles. The van der Waals surface area contributed by atoms with Crippen LogP contribution in [0.25, 0.3) is 0 Å². The summed E-state index contributed by atoms with van der Waals surface area (Å²) in [5, 5.41) is 23.4. The Bertz CT molecular complexity index is 926. The maximum absolute atomic E-state index is 13.3. The van der Waals surface area contributed by atoms with Gasteiger partial charge in [0.25, 0.3) is 0 Å². The molecule has 2 aliphatic heterocycles. The lowest BCUT2D eigenvalue weighted by molar-refractivity contribution is -0.0604. The maximum Gasteiger partial charge on any atom is 0.165 e. The van der Waals surface area contributed by atoms with Crippen molar-refractivity contribution in [3.63, 3.8) is 0 Å². The third-order valence-corrected chi connectivity index (χ3v) is 6.12. The van der Waals surface area contributed by atoms with E-state index in [0.29, 0.717) is 25.9 Å². The number of tetrazole rings is 1. The highest BCUT2D eigenvalue weighted by Gasteiger charge is 2.48. The van der Waals surface area contributed by atoms with Gasteiger partial charge in [0.05, 0.1) is 18.4 Å². The smallest absolute Gasteiger partial charge is 0.165 e. The van der Waals surface area contributed by atoms with Gasteiger partial charge < -0.3 is 9.52 Å². The van der Waals surface area contributed by atoms with Crippen molar-refractivity contribution in [2.45, 2.75) is 56.5 Å². The Morgan fingerprint density at radius 3 is 2.54 bits per heavy atom. The molecule has 1 unspecified atom stereocenters. The Kier molecular flexibility index (Phi) is 4.25. The van der Waals surface area contributed by atoms with Crippen LogP contribution in [0.2, 0.25) is 0 Å². The van der Waals surface area contributed by atoms with E-state index in [1.807, 2.05) is 12.1 Å². The van der Waals surface area contributed by atoms with Crippen molar-refractivity contribution in [1.82, 2.24) is 25.1 Å². The summed E-state index contributed by atoms with van der Waals surface area (Å²) in [5.74, 6) is 1.32. The first-order chi connectivity index (χ1) is 13.6. The third kappa shape index (κ3) is 3.12. The normalized spacial score (nSPS) is 27.4. The summed E-state index contributed by atoms with van der Waals surface area (Å²) in [5.41, 5.74) is -0.107. The van der Waals surface area contributed by atoms with Crippen LogP contribution in [0.15, 0.2) is 47.1 Å². The van der Waals surface area contributed by atoms with E-state index >= 15 is 0 Å². The first-order valence-corrected chi connectivity index (χ1v) is 9.62. The number of aromatic nitrogens is 4. The Balaban J connectivity index is 1.33. The molecule has 2 aliphatic rings. The van der Waals surface area contributed by atoms with Crippen LogP contribution in [-0.2, 0) is 18.7 Å². The average Bonchev–Trinajstić information content (AvgIpc) is 3.40. The second-order valence-electron chi connectivity index (χ2n) is 7.84. The molecule has 4 heterocycles. The molecule has 5 rings (SSSR count). The fraction of sp³-hybridized carbons (Fsp3) is 0.450. The van der Waals surface area contributed by atoms with E-state index in [4.69, 9.17) is 4.42 Å². The second kappa shape index (κ2) is 6.79. The number of piperidine rings is 1. The van der Waals surface area contributed by atoms with Crippen LogP contribution < -0.4 is 0 Å². The maximum atomic E-state index is 13.3. The van der Waals surface area contributed by atoms with E-state index in [0.717, 1.165) is 30.0 Å². The van der Waals surface area contributed by atoms with Crippen molar-refractivity contribution in [2.24, 2.45) is 0 Å². The minimum Gasteiger partial charge on any atom is -0.467 e. The van der Waals surface area contributed by atoms with Crippen LogP contribution in [0.4, 0.5) is 4.39 Å². The Morgan fingerprint density at radius 1 is 1.11 bits per heavy atom. The predicted molar refractivity (Wildman–Crippen MR) is 97.5 cm³/mol. The molecule has 0 spiro atoms. The van der Waals surface area contributed by atoms with Gasteiger partial charge in [-0.3, -0.25) is 4.90 Å². The molecule has 0 saturated carbocycles. The lowest BCUT2D eigenvalue weighted by atomic mass is 9.80. The number of aliphatic hydroxyl groups is 1. The van der Waals surface area contributed by atoms with Crippen molar-refractivity contribution < 1.29 is 13.9 Å². The minimum absolute atomic E-state index is 0.252. The number of furan rings is 1. The molecule has 3 atom stereocenters. The topological polar surface area (TPSA) is 80.2 Å². The van der Waals surface area contributed by atoms with Crippen molar-refractivity contribution in [3.05, 3.63) is 65.6 Å². The molecule has 8 heteroatoms. The van der Waals surface area contributed by atoms with Crippen LogP contribution in [0, 0.1) is 5.82 Å². The number of nitrogens with zero attached hydrogens (tertiary/aromatic N) is 5. The summed E-state index contributed by atoms with van der Waals surface area (Å²) in [7, 11) is 0. The SMILES string of the molecule is OC1(c2ccc(F)cc2)C[C@H]2CC[C@@H](C1)N2Cc1nnnn1Cc1ccco1.